The number of ketones is 1. The first-order valence-corrected chi connectivity index (χ1v) is 11.0. The number of benzene rings is 2. The van der Waals surface area contributed by atoms with E-state index in [-0.39, 0.29) is 18.1 Å². The van der Waals surface area contributed by atoms with Crippen LogP contribution in [0, 0.1) is 6.92 Å². The smallest absolute Gasteiger partial charge is 0.434 e. The SMILES string of the molecule is CCOC(=O)OC1=C(c2cc(-c3ccc(C)cc3)ccc2CC)C(=O)C(C)(C)OC1(C)C. The molecule has 2 aromatic rings. The van der Waals surface area contributed by atoms with Crippen LogP contribution < -0.4 is 0 Å². The summed E-state index contributed by atoms with van der Waals surface area (Å²) in [5, 5.41) is 0. The number of Topliss-reactive ketones (excluding diaryl/α,β-unsaturated/α-hetero) is 1. The summed E-state index contributed by atoms with van der Waals surface area (Å²) in [7, 11) is 0. The van der Waals surface area contributed by atoms with Gasteiger partial charge in [-0.1, -0.05) is 48.9 Å². The maximum Gasteiger partial charge on any atom is 0.513 e. The molecule has 0 aromatic heterocycles. The van der Waals surface area contributed by atoms with Gasteiger partial charge < -0.3 is 14.2 Å². The summed E-state index contributed by atoms with van der Waals surface area (Å²) < 4.78 is 16.7. The Morgan fingerprint density at radius 2 is 1.56 bits per heavy atom. The van der Waals surface area contributed by atoms with E-state index in [0.717, 1.165) is 22.3 Å². The number of carbonyl (C=O) groups excluding carboxylic acids is 2. The zero-order valence-corrected chi connectivity index (χ0v) is 20.0. The van der Waals surface area contributed by atoms with Crippen molar-refractivity contribution >= 4 is 17.5 Å². The topological polar surface area (TPSA) is 61.8 Å². The Labute approximate surface area is 190 Å². The predicted molar refractivity (Wildman–Crippen MR) is 125 cm³/mol. The van der Waals surface area contributed by atoms with Gasteiger partial charge in [0.2, 0.25) is 0 Å². The van der Waals surface area contributed by atoms with Gasteiger partial charge in [0.25, 0.3) is 0 Å². The quantitative estimate of drug-likeness (QED) is 0.517. The highest BCUT2D eigenvalue weighted by Gasteiger charge is 2.49. The molecule has 0 unspecified atom stereocenters. The van der Waals surface area contributed by atoms with E-state index in [1.165, 1.54) is 5.56 Å². The molecular formula is C27H32O5. The van der Waals surface area contributed by atoms with E-state index < -0.39 is 17.4 Å². The van der Waals surface area contributed by atoms with Crippen molar-refractivity contribution in [3.05, 3.63) is 64.9 Å². The summed E-state index contributed by atoms with van der Waals surface area (Å²) in [5.41, 5.74) is 3.22. The first-order chi connectivity index (χ1) is 15.0. The van der Waals surface area contributed by atoms with Crippen LogP contribution in [-0.4, -0.2) is 29.7 Å². The lowest BCUT2D eigenvalue weighted by Gasteiger charge is -2.42. The van der Waals surface area contributed by atoms with Crippen LogP contribution in [-0.2, 0) is 25.4 Å². The summed E-state index contributed by atoms with van der Waals surface area (Å²) in [6.45, 7) is 13.0. The average molecular weight is 437 g/mol. The van der Waals surface area contributed by atoms with Crippen LogP contribution in [0.3, 0.4) is 0 Å². The Hall–Kier alpha value is -2.92. The minimum absolute atomic E-state index is 0.172. The van der Waals surface area contributed by atoms with Crippen LogP contribution in [0.5, 0.6) is 0 Å². The van der Waals surface area contributed by atoms with E-state index >= 15 is 0 Å². The number of ether oxygens (including phenoxy) is 3. The van der Waals surface area contributed by atoms with Crippen LogP contribution in [0.4, 0.5) is 4.79 Å². The minimum Gasteiger partial charge on any atom is -0.434 e. The van der Waals surface area contributed by atoms with Gasteiger partial charge >= 0.3 is 6.16 Å². The van der Waals surface area contributed by atoms with E-state index in [9.17, 15) is 9.59 Å². The van der Waals surface area contributed by atoms with Gasteiger partial charge in [-0.25, -0.2) is 4.79 Å². The third kappa shape index (κ3) is 4.63. The molecule has 0 aliphatic carbocycles. The molecule has 1 heterocycles. The van der Waals surface area contributed by atoms with E-state index in [1.807, 2.05) is 26.0 Å². The molecule has 0 spiro atoms. The molecule has 5 heteroatoms. The van der Waals surface area contributed by atoms with Crippen LogP contribution in [0.25, 0.3) is 16.7 Å². The summed E-state index contributed by atoms with van der Waals surface area (Å²) in [6.07, 6.45) is -0.133. The maximum atomic E-state index is 13.6. The van der Waals surface area contributed by atoms with E-state index in [1.54, 1.807) is 34.6 Å². The highest BCUT2D eigenvalue weighted by atomic mass is 16.7. The molecule has 3 rings (SSSR count). The maximum absolute atomic E-state index is 13.6. The van der Waals surface area contributed by atoms with Crippen molar-refractivity contribution in [1.29, 1.82) is 0 Å². The Morgan fingerprint density at radius 3 is 2.16 bits per heavy atom. The fraction of sp³-hybridized carbons (Fsp3) is 0.407. The zero-order chi connectivity index (χ0) is 23.7. The summed E-state index contributed by atoms with van der Waals surface area (Å²) in [6, 6.07) is 14.3. The highest BCUT2D eigenvalue weighted by Crippen LogP contribution is 2.43. The summed E-state index contributed by atoms with van der Waals surface area (Å²) in [4.78, 5) is 25.9. The second-order valence-corrected chi connectivity index (χ2v) is 9.03. The lowest BCUT2D eigenvalue weighted by atomic mass is 9.80. The second-order valence-electron chi connectivity index (χ2n) is 9.03. The minimum atomic E-state index is -1.08. The molecule has 0 saturated heterocycles. The monoisotopic (exact) mass is 436 g/mol. The first-order valence-electron chi connectivity index (χ1n) is 11.0. The fourth-order valence-corrected chi connectivity index (χ4v) is 4.13. The standard InChI is InChI=1S/C27H32O5/c1-8-18-14-15-20(19-12-10-17(3)11-13-19)16-21(18)22-23(28)26(4,5)32-27(6,7)24(22)31-25(29)30-9-2/h10-16H,8-9H2,1-7H3. The third-order valence-corrected chi connectivity index (χ3v) is 5.65. The van der Waals surface area contributed by atoms with Gasteiger partial charge in [0.15, 0.2) is 11.5 Å². The average Bonchev–Trinajstić information content (AvgIpc) is 2.72. The normalized spacial score (nSPS) is 17.3. The van der Waals surface area contributed by atoms with Gasteiger partial charge in [-0.3, -0.25) is 4.79 Å². The Bertz CT molecular complexity index is 1060. The van der Waals surface area contributed by atoms with E-state index in [0.29, 0.717) is 12.0 Å². The Kier molecular flexibility index (Phi) is 6.61. The largest absolute Gasteiger partial charge is 0.513 e. The molecule has 2 aromatic carbocycles. The lowest BCUT2D eigenvalue weighted by molar-refractivity contribution is -0.158. The number of aryl methyl sites for hydroxylation is 2. The molecule has 0 fully saturated rings. The molecule has 0 saturated carbocycles. The molecule has 0 atom stereocenters. The molecule has 0 N–H and O–H groups in total. The molecule has 170 valence electrons. The predicted octanol–water partition coefficient (Wildman–Crippen LogP) is 6.27. The van der Waals surface area contributed by atoms with Gasteiger partial charge in [0.05, 0.1) is 12.2 Å². The van der Waals surface area contributed by atoms with Crippen molar-refractivity contribution in [2.75, 3.05) is 6.61 Å². The van der Waals surface area contributed by atoms with Crippen molar-refractivity contribution in [2.24, 2.45) is 0 Å². The molecule has 5 nitrogen and oxygen atoms in total. The van der Waals surface area contributed by atoms with Gasteiger partial charge in [-0.15, -0.1) is 0 Å². The van der Waals surface area contributed by atoms with Crippen molar-refractivity contribution in [2.45, 2.75) is 66.1 Å². The molecular weight excluding hydrogens is 404 g/mol. The van der Waals surface area contributed by atoms with Crippen molar-refractivity contribution in [1.82, 2.24) is 0 Å². The molecule has 0 bridgehead atoms. The zero-order valence-electron chi connectivity index (χ0n) is 20.0. The molecule has 32 heavy (non-hydrogen) atoms. The van der Waals surface area contributed by atoms with Gasteiger partial charge in [0, 0.05) is 0 Å². The van der Waals surface area contributed by atoms with Gasteiger partial charge in [-0.05, 0) is 76.3 Å². The lowest BCUT2D eigenvalue weighted by Crippen LogP contribution is -2.50. The highest BCUT2D eigenvalue weighted by molar-refractivity contribution is 6.26. The van der Waals surface area contributed by atoms with E-state index in [4.69, 9.17) is 14.2 Å². The van der Waals surface area contributed by atoms with Crippen LogP contribution in [0.1, 0.15) is 58.2 Å². The Morgan fingerprint density at radius 1 is 0.938 bits per heavy atom. The second kappa shape index (κ2) is 8.91. The summed E-state index contributed by atoms with van der Waals surface area (Å²) >= 11 is 0. The fourth-order valence-electron chi connectivity index (χ4n) is 4.13. The van der Waals surface area contributed by atoms with Crippen molar-refractivity contribution < 1.29 is 23.8 Å². The van der Waals surface area contributed by atoms with E-state index in [2.05, 4.69) is 30.3 Å². The summed E-state index contributed by atoms with van der Waals surface area (Å²) in [5.74, 6) is -0.0529. The first kappa shape index (κ1) is 23.7. The van der Waals surface area contributed by atoms with Crippen LogP contribution in [0.2, 0.25) is 0 Å². The number of carbonyl (C=O) groups is 2. The van der Waals surface area contributed by atoms with Crippen LogP contribution in [0.15, 0.2) is 48.2 Å². The Balaban J connectivity index is 2.28. The molecule has 1 aliphatic rings. The third-order valence-electron chi connectivity index (χ3n) is 5.65. The van der Waals surface area contributed by atoms with Gasteiger partial charge in [0.1, 0.15) is 11.2 Å². The van der Waals surface area contributed by atoms with Gasteiger partial charge in [-0.2, -0.15) is 0 Å². The number of rotatable bonds is 5. The molecule has 0 amide bonds. The van der Waals surface area contributed by atoms with Crippen LogP contribution >= 0.6 is 0 Å². The van der Waals surface area contributed by atoms with Crippen molar-refractivity contribution in [3.8, 4) is 11.1 Å². The number of hydrogen-bond acceptors (Lipinski definition) is 5. The number of hydrogen-bond donors (Lipinski definition) is 0. The van der Waals surface area contributed by atoms with Crippen molar-refractivity contribution in [3.63, 3.8) is 0 Å². The molecule has 0 radical (unpaired) electrons. The molecule has 1 aliphatic heterocycles.